The van der Waals surface area contributed by atoms with Crippen LogP contribution in [0.3, 0.4) is 0 Å². The molecule has 0 aliphatic heterocycles. The lowest BCUT2D eigenvalue weighted by Gasteiger charge is -1.96. The van der Waals surface area contributed by atoms with Gasteiger partial charge in [0.15, 0.2) is 0 Å². The third kappa shape index (κ3) is 2.46. The average Bonchev–Trinajstić information content (AvgIpc) is 2.51. The Kier molecular flexibility index (Phi) is 3.05. The van der Waals surface area contributed by atoms with Crippen molar-refractivity contribution in [2.24, 2.45) is 0 Å². The van der Waals surface area contributed by atoms with Gasteiger partial charge in [0.05, 0.1) is 0 Å². The molecule has 2 aromatic rings. The molecule has 0 saturated heterocycles. The number of hydrogen-bond donors (Lipinski definition) is 1. The van der Waals surface area contributed by atoms with E-state index >= 15 is 0 Å². The smallest absolute Gasteiger partial charge is 0.206 e. The molecular formula is C8H6BrN3S2. The third-order valence-electron chi connectivity index (χ3n) is 1.43. The van der Waals surface area contributed by atoms with Crippen molar-refractivity contribution in [1.82, 2.24) is 9.36 Å². The summed E-state index contributed by atoms with van der Waals surface area (Å²) in [5, 5.41) is 1.20. The zero-order valence-electron chi connectivity index (χ0n) is 6.98. The highest BCUT2D eigenvalue weighted by molar-refractivity contribution is 9.10. The third-order valence-corrected chi connectivity index (χ3v) is 3.43. The molecule has 14 heavy (non-hydrogen) atoms. The maximum Gasteiger partial charge on any atom is 0.206 e. The SMILES string of the molecule is Nc1nc(Sc2cccc(Br)c2)ns1. The van der Waals surface area contributed by atoms with Crippen LogP contribution in [0.2, 0.25) is 0 Å². The summed E-state index contributed by atoms with van der Waals surface area (Å²) in [7, 11) is 0. The quantitative estimate of drug-likeness (QED) is 0.922. The molecule has 0 unspecified atom stereocenters. The fraction of sp³-hybridized carbons (Fsp3) is 0. The molecule has 0 aliphatic rings. The summed E-state index contributed by atoms with van der Waals surface area (Å²) >= 11 is 6.12. The number of nitrogen functional groups attached to an aromatic ring is 1. The first kappa shape index (κ1) is 9.95. The number of anilines is 1. The Labute approximate surface area is 98.0 Å². The van der Waals surface area contributed by atoms with Crippen LogP contribution in [0.15, 0.2) is 38.8 Å². The number of hydrogen-bond acceptors (Lipinski definition) is 5. The van der Waals surface area contributed by atoms with E-state index in [-0.39, 0.29) is 0 Å². The molecule has 3 nitrogen and oxygen atoms in total. The van der Waals surface area contributed by atoms with Gasteiger partial charge < -0.3 is 5.73 Å². The van der Waals surface area contributed by atoms with Gasteiger partial charge in [-0.1, -0.05) is 22.0 Å². The number of rotatable bonds is 2. The first-order valence-corrected chi connectivity index (χ1v) is 6.15. The molecule has 0 bridgehead atoms. The number of halogens is 1. The van der Waals surface area contributed by atoms with Gasteiger partial charge in [-0.15, -0.1) is 0 Å². The number of nitrogens with two attached hydrogens (primary N) is 1. The van der Waals surface area contributed by atoms with Gasteiger partial charge in [0.2, 0.25) is 10.3 Å². The van der Waals surface area contributed by atoms with Crippen LogP contribution in [0.4, 0.5) is 5.13 Å². The van der Waals surface area contributed by atoms with Crippen LogP contribution in [0.1, 0.15) is 0 Å². The molecule has 0 amide bonds. The summed E-state index contributed by atoms with van der Waals surface area (Å²) < 4.78 is 5.14. The van der Waals surface area contributed by atoms with Gasteiger partial charge in [-0.2, -0.15) is 9.36 Å². The standard InChI is InChI=1S/C8H6BrN3S2/c9-5-2-1-3-6(4-5)13-8-11-7(10)14-12-8/h1-4H,(H2,10,11,12). The molecule has 1 aromatic carbocycles. The van der Waals surface area contributed by atoms with Crippen LogP contribution >= 0.6 is 39.2 Å². The van der Waals surface area contributed by atoms with E-state index in [0.29, 0.717) is 10.3 Å². The largest absolute Gasteiger partial charge is 0.374 e. The van der Waals surface area contributed by atoms with E-state index < -0.39 is 0 Å². The fourth-order valence-corrected chi connectivity index (χ4v) is 2.79. The summed E-state index contributed by atoms with van der Waals surface area (Å²) in [6.07, 6.45) is 0. The summed E-state index contributed by atoms with van der Waals surface area (Å²) in [6, 6.07) is 7.98. The van der Waals surface area contributed by atoms with Crippen LogP contribution in [-0.4, -0.2) is 9.36 Å². The van der Waals surface area contributed by atoms with Crippen LogP contribution in [0, 0.1) is 0 Å². The summed E-state index contributed by atoms with van der Waals surface area (Å²) in [6.45, 7) is 0. The van der Waals surface area contributed by atoms with E-state index in [1.54, 1.807) is 0 Å². The lowest BCUT2D eigenvalue weighted by Crippen LogP contribution is -1.81. The molecule has 6 heteroatoms. The van der Waals surface area contributed by atoms with Crippen LogP contribution in [-0.2, 0) is 0 Å². The maximum atomic E-state index is 5.48. The Morgan fingerprint density at radius 3 is 2.93 bits per heavy atom. The minimum Gasteiger partial charge on any atom is -0.374 e. The van der Waals surface area contributed by atoms with Crippen molar-refractivity contribution in [2.45, 2.75) is 10.1 Å². The molecule has 0 radical (unpaired) electrons. The second kappa shape index (κ2) is 4.29. The molecule has 1 aromatic heterocycles. The van der Waals surface area contributed by atoms with Crippen molar-refractivity contribution in [2.75, 3.05) is 5.73 Å². The fourth-order valence-electron chi connectivity index (χ4n) is 0.898. The summed E-state index contributed by atoms with van der Waals surface area (Å²) in [5.41, 5.74) is 5.48. The topological polar surface area (TPSA) is 51.8 Å². The summed E-state index contributed by atoms with van der Waals surface area (Å²) in [5.74, 6) is 0. The second-order valence-corrected chi connectivity index (χ2v) is 5.21. The number of nitrogens with zero attached hydrogens (tertiary/aromatic N) is 2. The van der Waals surface area contributed by atoms with E-state index in [1.165, 1.54) is 23.3 Å². The van der Waals surface area contributed by atoms with Crippen molar-refractivity contribution < 1.29 is 0 Å². The minimum atomic E-state index is 0.502. The maximum absolute atomic E-state index is 5.48. The van der Waals surface area contributed by atoms with E-state index in [4.69, 9.17) is 5.73 Å². The zero-order chi connectivity index (χ0) is 9.97. The van der Waals surface area contributed by atoms with E-state index in [9.17, 15) is 0 Å². The monoisotopic (exact) mass is 287 g/mol. The Morgan fingerprint density at radius 2 is 2.29 bits per heavy atom. The van der Waals surface area contributed by atoms with Gasteiger partial charge in [-0.3, -0.25) is 0 Å². The molecule has 72 valence electrons. The van der Waals surface area contributed by atoms with Crippen LogP contribution < -0.4 is 5.73 Å². The first-order valence-electron chi connectivity index (χ1n) is 3.76. The summed E-state index contributed by atoms with van der Waals surface area (Å²) in [4.78, 5) is 5.16. The first-order chi connectivity index (χ1) is 6.74. The van der Waals surface area contributed by atoms with Gasteiger partial charge in [-0.05, 0) is 30.0 Å². The van der Waals surface area contributed by atoms with E-state index in [1.807, 2.05) is 24.3 Å². The van der Waals surface area contributed by atoms with Crippen LogP contribution in [0.5, 0.6) is 0 Å². The molecule has 2 rings (SSSR count). The molecule has 0 saturated carbocycles. The Balaban J connectivity index is 2.18. The predicted molar refractivity (Wildman–Crippen MR) is 62.6 cm³/mol. The second-order valence-electron chi connectivity index (χ2n) is 2.47. The Hall–Kier alpha value is -0.590. The Morgan fingerprint density at radius 1 is 1.43 bits per heavy atom. The predicted octanol–water partition coefficient (Wildman–Crippen LogP) is 3.03. The van der Waals surface area contributed by atoms with Crippen molar-refractivity contribution >= 4 is 44.4 Å². The average molecular weight is 288 g/mol. The molecular weight excluding hydrogens is 282 g/mol. The van der Waals surface area contributed by atoms with Crippen molar-refractivity contribution in [1.29, 1.82) is 0 Å². The molecule has 2 N–H and O–H groups in total. The van der Waals surface area contributed by atoms with Crippen molar-refractivity contribution in [3.8, 4) is 0 Å². The number of benzene rings is 1. The van der Waals surface area contributed by atoms with E-state index in [2.05, 4.69) is 25.3 Å². The van der Waals surface area contributed by atoms with Gasteiger partial charge in [0, 0.05) is 20.9 Å². The van der Waals surface area contributed by atoms with Crippen molar-refractivity contribution in [3.05, 3.63) is 28.7 Å². The van der Waals surface area contributed by atoms with Gasteiger partial charge in [-0.25, -0.2) is 0 Å². The molecule has 0 fully saturated rings. The highest BCUT2D eigenvalue weighted by atomic mass is 79.9. The lowest BCUT2D eigenvalue weighted by molar-refractivity contribution is 1.08. The number of aromatic nitrogens is 2. The molecule has 0 spiro atoms. The molecule has 0 atom stereocenters. The highest BCUT2D eigenvalue weighted by Gasteiger charge is 2.03. The molecule has 1 heterocycles. The van der Waals surface area contributed by atoms with Gasteiger partial charge in [0.25, 0.3) is 0 Å². The molecule has 0 aliphatic carbocycles. The normalized spacial score (nSPS) is 10.4. The van der Waals surface area contributed by atoms with Crippen LogP contribution in [0.25, 0.3) is 0 Å². The highest BCUT2D eigenvalue weighted by Crippen LogP contribution is 2.28. The lowest BCUT2D eigenvalue weighted by atomic mass is 10.4. The van der Waals surface area contributed by atoms with Gasteiger partial charge >= 0.3 is 0 Å². The minimum absolute atomic E-state index is 0.502. The van der Waals surface area contributed by atoms with Gasteiger partial charge in [0.1, 0.15) is 0 Å². The van der Waals surface area contributed by atoms with Crippen molar-refractivity contribution in [3.63, 3.8) is 0 Å². The Bertz CT molecular complexity index is 444. The van der Waals surface area contributed by atoms with E-state index in [0.717, 1.165) is 9.37 Å². The zero-order valence-corrected chi connectivity index (χ0v) is 10.2.